The van der Waals surface area contributed by atoms with Crippen molar-refractivity contribution < 1.29 is 17.6 Å². The lowest BCUT2D eigenvalue weighted by molar-refractivity contribution is -0.117. The molecule has 4 rings (SSSR count). The zero-order valence-corrected chi connectivity index (χ0v) is 17.5. The maximum atomic E-state index is 13.2. The van der Waals surface area contributed by atoms with Crippen LogP contribution in [0.4, 0.5) is 4.39 Å². The fourth-order valence-corrected chi connectivity index (χ4v) is 7.60. The summed E-state index contributed by atoms with van der Waals surface area (Å²) in [6.07, 6.45) is 0.197. The first-order chi connectivity index (χ1) is 13.8. The van der Waals surface area contributed by atoms with E-state index in [-0.39, 0.29) is 40.9 Å². The fraction of sp³-hybridized carbons (Fsp3) is 0.333. The molecule has 2 saturated heterocycles. The number of rotatable bonds is 4. The number of aliphatic imine (C=N–C) groups is 1. The summed E-state index contributed by atoms with van der Waals surface area (Å²) in [5.74, 6) is -0.443. The summed E-state index contributed by atoms with van der Waals surface area (Å²) in [6, 6.07) is 13.6. The van der Waals surface area contributed by atoms with Crippen molar-refractivity contribution in [2.75, 3.05) is 11.5 Å². The predicted molar refractivity (Wildman–Crippen MR) is 113 cm³/mol. The highest BCUT2D eigenvalue weighted by Crippen LogP contribution is 2.39. The number of carbonyl (C=O) groups is 1. The summed E-state index contributed by atoms with van der Waals surface area (Å²) in [6.45, 7) is 2.38. The number of hydrogen-bond donors (Lipinski definition) is 0. The second-order valence-corrected chi connectivity index (χ2v) is 10.9. The molecular weight excluding hydrogens is 411 g/mol. The molecule has 2 aromatic rings. The summed E-state index contributed by atoms with van der Waals surface area (Å²) in [4.78, 5) is 18.8. The number of halogens is 1. The van der Waals surface area contributed by atoms with Gasteiger partial charge in [0.1, 0.15) is 5.82 Å². The van der Waals surface area contributed by atoms with E-state index in [1.54, 1.807) is 12.1 Å². The zero-order valence-electron chi connectivity index (χ0n) is 15.9. The van der Waals surface area contributed by atoms with Gasteiger partial charge in [-0.1, -0.05) is 53.7 Å². The van der Waals surface area contributed by atoms with Gasteiger partial charge in [0.25, 0.3) is 5.91 Å². The third kappa shape index (κ3) is 4.70. The van der Waals surface area contributed by atoms with Crippen LogP contribution in [0.3, 0.4) is 0 Å². The lowest BCUT2D eigenvalue weighted by Crippen LogP contribution is -2.37. The average Bonchev–Trinajstić information content (AvgIpc) is 3.11. The quantitative estimate of drug-likeness (QED) is 0.743. The van der Waals surface area contributed by atoms with Gasteiger partial charge in [-0.05, 0) is 30.2 Å². The van der Waals surface area contributed by atoms with E-state index >= 15 is 0 Å². The van der Waals surface area contributed by atoms with Crippen molar-refractivity contribution >= 4 is 32.7 Å². The Morgan fingerprint density at radius 2 is 1.76 bits per heavy atom. The highest BCUT2D eigenvalue weighted by atomic mass is 32.2. The summed E-state index contributed by atoms with van der Waals surface area (Å²) < 4.78 is 37.4. The minimum Gasteiger partial charge on any atom is -0.342 e. The van der Waals surface area contributed by atoms with E-state index in [9.17, 15) is 17.6 Å². The van der Waals surface area contributed by atoms with Gasteiger partial charge in [-0.15, -0.1) is 0 Å². The average molecular weight is 433 g/mol. The molecule has 152 valence electrons. The van der Waals surface area contributed by atoms with Gasteiger partial charge in [0.2, 0.25) is 0 Å². The second-order valence-electron chi connectivity index (χ2n) is 7.51. The lowest BCUT2D eigenvalue weighted by Gasteiger charge is -2.24. The number of thioether (sulfide) groups is 1. The van der Waals surface area contributed by atoms with Crippen LogP contribution < -0.4 is 0 Å². The maximum Gasteiger partial charge on any atom is 0.252 e. The Morgan fingerprint density at radius 1 is 1.10 bits per heavy atom. The van der Waals surface area contributed by atoms with E-state index in [0.717, 1.165) is 16.7 Å². The number of fused-ring (bicyclic) bond motifs is 1. The van der Waals surface area contributed by atoms with E-state index in [1.165, 1.54) is 23.9 Å². The first-order valence-electron chi connectivity index (χ1n) is 9.34. The van der Waals surface area contributed by atoms with Crippen molar-refractivity contribution in [3.05, 3.63) is 71.0 Å². The van der Waals surface area contributed by atoms with Crippen LogP contribution in [0.2, 0.25) is 0 Å². The molecule has 2 aromatic carbocycles. The van der Waals surface area contributed by atoms with E-state index in [1.807, 2.05) is 36.1 Å². The number of sulfone groups is 1. The van der Waals surface area contributed by atoms with Gasteiger partial charge < -0.3 is 4.90 Å². The molecule has 2 unspecified atom stereocenters. The number of hydrogen-bond acceptors (Lipinski definition) is 4. The summed E-state index contributed by atoms with van der Waals surface area (Å²) >= 11 is 1.36. The molecule has 29 heavy (non-hydrogen) atoms. The Balaban J connectivity index is 1.56. The van der Waals surface area contributed by atoms with Crippen molar-refractivity contribution in [3.63, 3.8) is 0 Å². The predicted octanol–water partition coefficient (Wildman–Crippen LogP) is 2.97. The highest BCUT2D eigenvalue weighted by molar-refractivity contribution is 8.15. The standard InChI is InChI=1S/C21H21FN2O3S2/c1-14-2-4-15(5-3-14)10-20(25)23-21-24(11-16-6-8-17(22)9-7-16)18-12-29(26,27)13-19(18)28-21/h2-9,18-19H,10-13H2,1H3. The minimum absolute atomic E-state index is 0.0526. The number of benzene rings is 2. The van der Waals surface area contributed by atoms with Gasteiger partial charge in [0, 0.05) is 11.8 Å². The summed E-state index contributed by atoms with van der Waals surface area (Å²) in [5.41, 5.74) is 2.86. The van der Waals surface area contributed by atoms with Gasteiger partial charge in [-0.2, -0.15) is 4.99 Å². The molecule has 0 aromatic heterocycles. The van der Waals surface area contributed by atoms with Gasteiger partial charge in [-0.3, -0.25) is 4.79 Å². The van der Waals surface area contributed by atoms with Crippen LogP contribution >= 0.6 is 11.8 Å². The van der Waals surface area contributed by atoms with Gasteiger partial charge >= 0.3 is 0 Å². The summed E-state index contributed by atoms with van der Waals surface area (Å²) in [7, 11) is -3.10. The second kappa shape index (κ2) is 7.91. The number of aryl methyl sites for hydroxylation is 1. The SMILES string of the molecule is Cc1ccc(CC(=O)N=C2SC3CS(=O)(=O)CC3N2Cc2ccc(F)cc2)cc1. The molecule has 2 aliphatic heterocycles. The van der Waals surface area contributed by atoms with Crippen molar-refractivity contribution in [1.82, 2.24) is 4.90 Å². The molecule has 2 atom stereocenters. The van der Waals surface area contributed by atoms with Crippen LogP contribution in [-0.4, -0.2) is 47.2 Å². The first kappa shape index (κ1) is 20.1. The van der Waals surface area contributed by atoms with Gasteiger partial charge in [0.05, 0.1) is 24.0 Å². The van der Waals surface area contributed by atoms with Crippen LogP contribution in [-0.2, 0) is 27.6 Å². The Labute approximate surface area is 173 Å². The number of nitrogens with zero attached hydrogens (tertiary/aromatic N) is 2. The summed E-state index contributed by atoms with van der Waals surface area (Å²) in [5, 5.41) is 0.419. The molecule has 2 aliphatic rings. The normalized spacial score (nSPS) is 24.1. The van der Waals surface area contributed by atoms with Gasteiger partial charge in [0.15, 0.2) is 15.0 Å². The number of amides is 1. The van der Waals surface area contributed by atoms with Crippen LogP contribution in [0, 0.1) is 12.7 Å². The lowest BCUT2D eigenvalue weighted by atomic mass is 10.1. The number of carbonyl (C=O) groups excluding carboxylic acids is 1. The van der Waals surface area contributed by atoms with Crippen LogP contribution in [0.5, 0.6) is 0 Å². The van der Waals surface area contributed by atoms with Crippen molar-refractivity contribution in [2.24, 2.45) is 4.99 Å². The molecule has 2 fully saturated rings. The third-order valence-corrected chi connectivity index (χ3v) is 8.38. The Bertz CT molecular complexity index is 1050. The molecule has 0 spiro atoms. The van der Waals surface area contributed by atoms with Crippen molar-refractivity contribution in [2.45, 2.75) is 31.2 Å². The Hall–Kier alpha value is -2.19. The molecular formula is C21H21FN2O3S2. The van der Waals surface area contributed by atoms with Crippen LogP contribution in [0.15, 0.2) is 53.5 Å². The molecule has 0 aliphatic carbocycles. The highest BCUT2D eigenvalue weighted by Gasteiger charge is 2.48. The molecule has 0 bridgehead atoms. The fourth-order valence-electron chi connectivity index (χ4n) is 3.63. The maximum absolute atomic E-state index is 13.2. The smallest absolute Gasteiger partial charge is 0.252 e. The molecule has 1 amide bonds. The Kier molecular flexibility index (Phi) is 5.48. The van der Waals surface area contributed by atoms with E-state index in [0.29, 0.717) is 11.7 Å². The van der Waals surface area contributed by atoms with E-state index in [2.05, 4.69) is 4.99 Å². The van der Waals surface area contributed by atoms with E-state index in [4.69, 9.17) is 0 Å². The van der Waals surface area contributed by atoms with Crippen LogP contribution in [0.25, 0.3) is 0 Å². The third-order valence-electron chi connectivity index (χ3n) is 5.14. The Morgan fingerprint density at radius 3 is 2.45 bits per heavy atom. The number of amidine groups is 1. The van der Waals surface area contributed by atoms with Crippen molar-refractivity contribution in [3.8, 4) is 0 Å². The minimum atomic E-state index is -3.10. The monoisotopic (exact) mass is 432 g/mol. The molecule has 2 heterocycles. The van der Waals surface area contributed by atoms with E-state index < -0.39 is 9.84 Å². The first-order valence-corrected chi connectivity index (χ1v) is 12.0. The molecule has 0 N–H and O–H groups in total. The molecule has 5 nitrogen and oxygen atoms in total. The topological polar surface area (TPSA) is 66.8 Å². The van der Waals surface area contributed by atoms with Gasteiger partial charge in [-0.25, -0.2) is 12.8 Å². The molecule has 0 saturated carbocycles. The molecule has 8 heteroatoms. The zero-order chi connectivity index (χ0) is 20.6. The van der Waals surface area contributed by atoms with Crippen molar-refractivity contribution in [1.29, 1.82) is 0 Å². The molecule has 0 radical (unpaired) electrons. The largest absolute Gasteiger partial charge is 0.342 e. The van der Waals surface area contributed by atoms with Crippen LogP contribution in [0.1, 0.15) is 16.7 Å².